The minimum atomic E-state index is -0.937. The molecular formula is C44H71NO6. The van der Waals surface area contributed by atoms with Gasteiger partial charge in [-0.25, -0.2) is 4.79 Å². The first-order valence-electron chi connectivity index (χ1n) is 20.4. The number of alkyl carbamates (subject to hydrolysis) is 1. The minimum absolute atomic E-state index is 0.134. The van der Waals surface area contributed by atoms with E-state index in [4.69, 9.17) is 9.47 Å². The van der Waals surface area contributed by atoms with Crippen LogP contribution in [0.5, 0.6) is 0 Å². The lowest BCUT2D eigenvalue weighted by atomic mass is 9.32. The predicted molar refractivity (Wildman–Crippen MR) is 201 cm³/mol. The molecule has 288 valence electrons. The van der Waals surface area contributed by atoms with Crippen molar-refractivity contribution in [1.82, 2.24) is 5.32 Å². The number of ether oxygens (including phenoxy) is 2. The summed E-state index contributed by atoms with van der Waals surface area (Å²) in [4.78, 5) is 39.6. The van der Waals surface area contributed by atoms with E-state index in [0.717, 1.165) is 44.9 Å². The van der Waals surface area contributed by atoms with Crippen molar-refractivity contribution in [1.29, 1.82) is 0 Å². The molecule has 0 radical (unpaired) electrons. The Morgan fingerprint density at radius 1 is 0.765 bits per heavy atom. The molecule has 2 N–H and O–H groups in total. The average molecular weight is 710 g/mol. The van der Waals surface area contributed by atoms with Crippen LogP contribution in [0.25, 0.3) is 0 Å². The van der Waals surface area contributed by atoms with E-state index in [0.29, 0.717) is 42.4 Å². The van der Waals surface area contributed by atoms with Gasteiger partial charge in [-0.1, -0.05) is 60.6 Å². The lowest BCUT2D eigenvalue weighted by molar-refractivity contribution is -0.247. The largest absolute Gasteiger partial charge is 0.481 e. The molecule has 6 aliphatic carbocycles. The van der Waals surface area contributed by atoms with Crippen molar-refractivity contribution in [2.24, 2.45) is 68.0 Å². The van der Waals surface area contributed by atoms with E-state index in [1.807, 2.05) is 34.6 Å². The molecule has 6 rings (SSSR count). The fraction of sp³-hybridized carbons (Fsp3) is 0.886. The Morgan fingerprint density at radius 2 is 1.43 bits per heavy atom. The summed E-state index contributed by atoms with van der Waals surface area (Å²) in [5, 5.41) is 13.6. The fourth-order valence-electron chi connectivity index (χ4n) is 14.6. The van der Waals surface area contributed by atoms with Crippen molar-refractivity contribution in [2.75, 3.05) is 0 Å². The Morgan fingerprint density at radius 3 is 2.02 bits per heavy atom. The summed E-state index contributed by atoms with van der Waals surface area (Å²) in [5.74, 6) is 0.838. The Hall–Kier alpha value is -2.05. The summed E-state index contributed by atoms with van der Waals surface area (Å²) in [6.45, 7) is 30.7. The molecule has 0 spiro atoms. The first-order valence-corrected chi connectivity index (χ1v) is 20.4. The molecule has 51 heavy (non-hydrogen) atoms. The molecule has 7 heteroatoms. The Bertz CT molecular complexity index is 1460. The van der Waals surface area contributed by atoms with Crippen molar-refractivity contribution in [3.63, 3.8) is 0 Å². The van der Waals surface area contributed by atoms with Crippen LogP contribution >= 0.6 is 0 Å². The van der Waals surface area contributed by atoms with Crippen LogP contribution in [0.4, 0.5) is 4.79 Å². The van der Waals surface area contributed by atoms with Gasteiger partial charge in [0.25, 0.3) is 0 Å². The second-order valence-electron chi connectivity index (χ2n) is 21.7. The summed E-state index contributed by atoms with van der Waals surface area (Å²) in [7, 11) is 0. The topological polar surface area (TPSA) is 102 Å². The van der Waals surface area contributed by atoms with Crippen LogP contribution in [0.15, 0.2) is 12.2 Å². The maximum Gasteiger partial charge on any atom is 0.408 e. The third-order valence-corrected chi connectivity index (χ3v) is 18.0. The van der Waals surface area contributed by atoms with E-state index in [1.165, 1.54) is 24.8 Å². The van der Waals surface area contributed by atoms with Gasteiger partial charge < -0.3 is 19.9 Å². The fourth-order valence-corrected chi connectivity index (χ4v) is 14.6. The first kappa shape index (κ1) is 38.7. The van der Waals surface area contributed by atoms with Crippen LogP contribution in [-0.2, 0) is 19.1 Å². The van der Waals surface area contributed by atoms with Gasteiger partial charge in [-0.2, -0.15) is 0 Å². The third kappa shape index (κ3) is 5.48. The summed E-state index contributed by atoms with van der Waals surface area (Å²) < 4.78 is 12.4. The van der Waals surface area contributed by atoms with Crippen LogP contribution in [0.3, 0.4) is 0 Å². The smallest absolute Gasteiger partial charge is 0.408 e. The molecule has 0 aromatic carbocycles. The van der Waals surface area contributed by atoms with Gasteiger partial charge in [0.05, 0.1) is 11.3 Å². The van der Waals surface area contributed by atoms with Gasteiger partial charge in [0, 0.05) is 11.0 Å². The van der Waals surface area contributed by atoms with Gasteiger partial charge in [-0.15, -0.1) is 0 Å². The molecule has 0 aromatic rings. The standard InChI is InChI=1S/C44H71NO6/c1-26(2)27-16-23-44(45-36(49)51-37(3,4)5)25-24-41(11)28(33(27)44)14-15-31-40(10)20-19-32(38(6,7)30(40)18-22-42(31,41)12)50-34(46)29-17-21-43(13,35(47)48)39(29,8)9/h27-33H,1,14-25H2,2-13H3,(H,45,49)(H,47,48)/t27-,28+,29+,30-,31+,32?,33+,40-,41+,42+,43-,44-/m0/s1. The van der Waals surface area contributed by atoms with Crippen LogP contribution in [-0.4, -0.2) is 40.4 Å². The second-order valence-corrected chi connectivity index (χ2v) is 21.7. The van der Waals surface area contributed by atoms with Gasteiger partial charge in [0.2, 0.25) is 0 Å². The summed E-state index contributed by atoms with van der Waals surface area (Å²) >= 11 is 0. The number of carbonyl (C=O) groups excluding carboxylic acids is 2. The van der Waals surface area contributed by atoms with Crippen LogP contribution in [0, 0.1) is 68.0 Å². The van der Waals surface area contributed by atoms with Gasteiger partial charge in [-0.3, -0.25) is 9.59 Å². The molecule has 1 unspecified atom stereocenters. The van der Waals surface area contributed by atoms with Gasteiger partial charge in [0.1, 0.15) is 11.7 Å². The SMILES string of the molecule is C=C(C)[C@@H]1CC[C@]2(NC(=O)OC(C)(C)C)CC[C@]3(C)[C@H](CC[C@@H]4[C@@]5(C)CCC(OC(=O)[C@H]6CC[C@@](C)(C(=O)O)C6(C)C)C(C)(C)[C@@H]5CC[C@]43C)[C@@H]12. The predicted octanol–water partition coefficient (Wildman–Crippen LogP) is 10.4. The molecule has 0 heterocycles. The number of nitrogens with one attached hydrogen (secondary N) is 1. The number of rotatable bonds is 5. The summed E-state index contributed by atoms with van der Waals surface area (Å²) in [6.07, 6.45) is 11.3. The zero-order chi connectivity index (χ0) is 38.0. The maximum atomic E-state index is 13.9. The molecule has 0 bridgehead atoms. The number of hydrogen-bond donors (Lipinski definition) is 2. The molecule has 0 aliphatic heterocycles. The second kappa shape index (κ2) is 12.0. The van der Waals surface area contributed by atoms with Crippen molar-refractivity contribution in [3.8, 4) is 0 Å². The van der Waals surface area contributed by atoms with E-state index in [1.54, 1.807) is 6.92 Å². The third-order valence-electron chi connectivity index (χ3n) is 18.0. The van der Waals surface area contributed by atoms with E-state index in [2.05, 4.69) is 53.4 Å². The number of aliphatic carboxylic acids is 1. The number of esters is 1. The Labute approximate surface area is 309 Å². The number of amides is 1. The number of carboxylic acids is 1. The monoisotopic (exact) mass is 710 g/mol. The Balaban J connectivity index is 1.24. The zero-order valence-corrected chi connectivity index (χ0v) is 34.2. The van der Waals surface area contributed by atoms with Crippen LogP contribution < -0.4 is 5.32 Å². The van der Waals surface area contributed by atoms with Crippen molar-refractivity contribution in [3.05, 3.63) is 12.2 Å². The highest BCUT2D eigenvalue weighted by Crippen LogP contribution is 2.76. The molecule has 6 aliphatic rings. The Kier molecular flexibility index (Phi) is 9.08. The highest BCUT2D eigenvalue weighted by Gasteiger charge is 2.71. The molecule has 12 atom stereocenters. The van der Waals surface area contributed by atoms with E-state index in [9.17, 15) is 19.5 Å². The maximum absolute atomic E-state index is 13.9. The normalized spacial score (nSPS) is 46.8. The quantitative estimate of drug-likeness (QED) is 0.218. The zero-order valence-electron chi connectivity index (χ0n) is 34.2. The van der Waals surface area contributed by atoms with Crippen molar-refractivity contribution >= 4 is 18.0 Å². The molecule has 1 amide bonds. The van der Waals surface area contributed by atoms with Crippen molar-refractivity contribution < 1.29 is 29.0 Å². The number of carboxylic acid groups (broad SMARTS) is 1. The molecule has 0 saturated heterocycles. The number of allylic oxidation sites excluding steroid dienone is 1. The highest BCUT2D eigenvalue weighted by molar-refractivity contribution is 5.81. The van der Waals surface area contributed by atoms with Gasteiger partial charge >= 0.3 is 18.0 Å². The van der Waals surface area contributed by atoms with E-state index >= 15 is 0 Å². The summed E-state index contributed by atoms with van der Waals surface area (Å²) in [5.41, 5.74) is -0.889. The van der Waals surface area contributed by atoms with Gasteiger partial charge in [0.15, 0.2) is 0 Å². The molecule has 6 saturated carbocycles. The highest BCUT2D eigenvalue weighted by atomic mass is 16.6. The molecular weight excluding hydrogens is 638 g/mol. The van der Waals surface area contributed by atoms with Gasteiger partial charge in [-0.05, 0) is 163 Å². The van der Waals surface area contributed by atoms with Crippen LogP contribution in [0.2, 0.25) is 0 Å². The summed E-state index contributed by atoms with van der Waals surface area (Å²) in [6, 6.07) is 0. The first-order chi connectivity index (χ1) is 23.3. The minimum Gasteiger partial charge on any atom is -0.481 e. The average Bonchev–Trinajstić information content (AvgIpc) is 3.48. The van der Waals surface area contributed by atoms with E-state index < -0.39 is 28.3 Å². The number of fused-ring (bicyclic) bond motifs is 7. The molecule has 7 nitrogen and oxygen atoms in total. The number of carbonyl (C=O) groups is 3. The van der Waals surface area contributed by atoms with Crippen LogP contribution in [0.1, 0.15) is 160 Å². The van der Waals surface area contributed by atoms with E-state index in [-0.39, 0.29) is 45.4 Å². The lowest BCUT2D eigenvalue weighted by Gasteiger charge is -2.73. The number of hydrogen-bond acceptors (Lipinski definition) is 5. The van der Waals surface area contributed by atoms with Crippen molar-refractivity contribution in [2.45, 2.75) is 177 Å². The molecule has 0 aromatic heterocycles. The molecule has 6 fully saturated rings. The lowest BCUT2D eigenvalue weighted by Crippen LogP contribution is -2.69.